The lowest BCUT2D eigenvalue weighted by Gasteiger charge is -2.20. The Hall–Kier alpha value is -0.550. The first kappa shape index (κ1) is 9.54. The molecule has 0 aromatic rings. The molecule has 1 aliphatic rings. The highest BCUT2D eigenvalue weighted by atomic mass is 32.2. The van der Waals surface area contributed by atoms with Crippen LogP contribution in [0.25, 0.3) is 0 Å². The van der Waals surface area contributed by atoms with Crippen LogP contribution in [-0.4, -0.2) is 13.0 Å². The van der Waals surface area contributed by atoms with Crippen LogP contribution in [0.4, 0.5) is 0 Å². The third-order valence-corrected chi connectivity index (χ3v) is 3.27. The van der Waals surface area contributed by atoms with Gasteiger partial charge < -0.3 is 5.73 Å². The summed E-state index contributed by atoms with van der Waals surface area (Å²) in [5.41, 5.74) is 5.87. The van der Waals surface area contributed by atoms with Crippen molar-refractivity contribution in [2.45, 2.75) is 26.2 Å². The summed E-state index contributed by atoms with van der Waals surface area (Å²) in [4.78, 5) is 0.0150. The molecule has 0 fully saturated rings. The van der Waals surface area contributed by atoms with Gasteiger partial charge in [0.2, 0.25) is 0 Å². The standard InChI is InChI=1S/C7H13NO3S/c1-5-3-2-4-6(7(5)8)12(9,10)11/h5H,2-4,8H2,1H3,(H,9,10,11). The summed E-state index contributed by atoms with van der Waals surface area (Å²) in [5, 5.41) is 0. The van der Waals surface area contributed by atoms with Crippen molar-refractivity contribution in [1.82, 2.24) is 0 Å². The molecule has 70 valence electrons. The molecule has 0 amide bonds. The van der Waals surface area contributed by atoms with Gasteiger partial charge in [0.15, 0.2) is 0 Å². The van der Waals surface area contributed by atoms with Crippen LogP contribution >= 0.6 is 0 Å². The average Bonchev–Trinajstić information content (AvgIpc) is 1.92. The van der Waals surface area contributed by atoms with Gasteiger partial charge >= 0.3 is 0 Å². The zero-order valence-electron chi connectivity index (χ0n) is 6.95. The predicted octanol–water partition coefficient (Wildman–Crippen LogP) is 0.865. The van der Waals surface area contributed by atoms with Crippen LogP contribution in [-0.2, 0) is 10.1 Å². The van der Waals surface area contributed by atoms with E-state index in [1.165, 1.54) is 0 Å². The number of rotatable bonds is 1. The minimum atomic E-state index is -4.05. The van der Waals surface area contributed by atoms with Gasteiger partial charge in [-0.25, -0.2) is 0 Å². The Morgan fingerprint density at radius 3 is 2.58 bits per heavy atom. The number of allylic oxidation sites excluding steroid dienone is 2. The predicted molar refractivity (Wildman–Crippen MR) is 45.8 cm³/mol. The topological polar surface area (TPSA) is 80.4 Å². The molecule has 1 atom stereocenters. The monoisotopic (exact) mass is 191 g/mol. The molecule has 12 heavy (non-hydrogen) atoms. The van der Waals surface area contributed by atoms with Crippen molar-refractivity contribution in [2.24, 2.45) is 11.7 Å². The first-order chi connectivity index (χ1) is 5.43. The molecule has 1 aliphatic carbocycles. The Labute approximate surface area is 72.2 Å². The van der Waals surface area contributed by atoms with E-state index in [9.17, 15) is 8.42 Å². The van der Waals surface area contributed by atoms with Crippen molar-refractivity contribution in [1.29, 1.82) is 0 Å². The minimum Gasteiger partial charge on any atom is -0.401 e. The zero-order chi connectivity index (χ0) is 9.35. The first-order valence-electron chi connectivity index (χ1n) is 3.89. The van der Waals surface area contributed by atoms with Crippen LogP contribution in [0, 0.1) is 5.92 Å². The fraction of sp³-hybridized carbons (Fsp3) is 0.714. The molecule has 0 saturated carbocycles. The summed E-state index contributed by atoms with van der Waals surface area (Å²) in [5.74, 6) is 0.0654. The molecule has 0 aromatic carbocycles. The first-order valence-corrected chi connectivity index (χ1v) is 5.33. The summed E-state index contributed by atoms with van der Waals surface area (Å²) in [6, 6.07) is 0. The van der Waals surface area contributed by atoms with Crippen LogP contribution in [0.15, 0.2) is 10.6 Å². The van der Waals surface area contributed by atoms with E-state index in [4.69, 9.17) is 10.3 Å². The zero-order valence-corrected chi connectivity index (χ0v) is 7.76. The van der Waals surface area contributed by atoms with Crippen molar-refractivity contribution in [3.63, 3.8) is 0 Å². The highest BCUT2D eigenvalue weighted by Crippen LogP contribution is 2.29. The smallest absolute Gasteiger partial charge is 0.292 e. The van der Waals surface area contributed by atoms with Crippen molar-refractivity contribution < 1.29 is 13.0 Å². The Morgan fingerprint density at radius 1 is 1.58 bits per heavy atom. The van der Waals surface area contributed by atoms with E-state index in [2.05, 4.69) is 0 Å². The fourth-order valence-electron chi connectivity index (χ4n) is 1.42. The number of hydrogen-bond donors (Lipinski definition) is 2. The molecule has 1 rings (SSSR count). The maximum Gasteiger partial charge on any atom is 0.292 e. The average molecular weight is 191 g/mol. The molecule has 0 bridgehead atoms. The Bertz CT molecular complexity index is 305. The summed E-state index contributed by atoms with van der Waals surface area (Å²) in [6.45, 7) is 1.86. The Kier molecular flexibility index (Phi) is 2.44. The van der Waals surface area contributed by atoms with E-state index in [1.807, 2.05) is 6.92 Å². The third kappa shape index (κ3) is 1.78. The van der Waals surface area contributed by atoms with Gasteiger partial charge in [-0.15, -0.1) is 0 Å². The molecule has 3 N–H and O–H groups in total. The van der Waals surface area contributed by atoms with Crippen LogP contribution in [0.3, 0.4) is 0 Å². The molecule has 0 aromatic heterocycles. The van der Waals surface area contributed by atoms with Gasteiger partial charge in [0.1, 0.15) is 0 Å². The highest BCUT2D eigenvalue weighted by Gasteiger charge is 2.24. The van der Waals surface area contributed by atoms with Crippen molar-refractivity contribution in [3.8, 4) is 0 Å². The van der Waals surface area contributed by atoms with Gasteiger partial charge in [-0.1, -0.05) is 6.92 Å². The second kappa shape index (κ2) is 3.06. The van der Waals surface area contributed by atoms with E-state index >= 15 is 0 Å². The van der Waals surface area contributed by atoms with Gasteiger partial charge in [-0.3, -0.25) is 4.55 Å². The van der Waals surface area contributed by atoms with Crippen LogP contribution in [0.2, 0.25) is 0 Å². The van der Waals surface area contributed by atoms with Crippen molar-refractivity contribution in [2.75, 3.05) is 0 Å². The van der Waals surface area contributed by atoms with Gasteiger partial charge in [-0.05, 0) is 25.2 Å². The summed E-state index contributed by atoms with van der Waals surface area (Å²) in [6.07, 6.45) is 2.04. The molecule has 5 heteroatoms. The quantitative estimate of drug-likeness (QED) is 0.602. The number of nitrogens with two attached hydrogens (primary N) is 1. The largest absolute Gasteiger partial charge is 0.401 e. The molecule has 4 nitrogen and oxygen atoms in total. The highest BCUT2D eigenvalue weighted by molar-refractivity contribution is 7.89. The lowest BCUT2D eigenvalue weighted by Crippen LogP contribution is -2.20. The molecule has 0 radical (unpaired) electrons. The molecule has 0 heterocycles. The van der Waals surface area contributed by atoms with Gasteiger partial charge in [0.25, 0.3) is 10.1 Å². The number of hydrogen-bond acceptors (Lipinski definition) is 3. The molecular weight excluding hydrogens is 178 g/mol. The van der Waals surface area contributed by atoms with E-state index in [0.29, 0.717) is 12.1 Å². The van der Waals surface area contributed by atoms with Crippen LogP contribution in [0.5, 0.6) is 0 Å². The van der Waals surface area contributed by atoms with E-state index < -0.39 is 10.1 Å². The summed E-state index contributed by atoms with van der Waals surface area (Å²) < 4.78 is 30.3. The van der Waals surface area contributed by atoms with Gasteiger partial charge in [0, 0.05) is 5.70 Å². The minimum absolute atomic E-state index is 0.0150. The second-order valence-corrected chi connectivity index (χ2v) is 4.59. The normalized spacial score (nSPS) is 26.0. The van der Waals surface area contributed by atoms with E-state index in [1.54, 1.807) is 0 Å². The SMILES string of the molecule is CC1CCCC(S(=O)(=O)O)=C1N. The van der Waals surface area contributed by atoms with E-state index in [0.717, 1.165) is 12.8 Å². The van der Waals surface area contributed by atoms with Gasteiger partial charge in [0.05, 0.1) is 4.91 Å². The molecule has 0 aliphatic heterocycles. The molecule has 0 saturated heterocycles. The lowest BCUT2D eigenvalue weighted by atomic mass is 9.94. The molecular formula is C7H13NO3S. The summed E-state index contributed by atoms with van der Waals surface area (Å²) >= 11 is 0. The maximum absolute atomic E-state index is 10.8. The molecule has 1 unspecified atom stereocenters. The lowest BCUT2D eigenvalue weighted by molar-refractivity contribution is 0.475. The Balaban J connectivity index is 3.10. The maximum atomic E-state index is 10.8. The van der Waals surface area contributed by atoms with E-state index in [-0.39, 0.29) is 10.8 Å². The van der Waals surface area contributed by atoms with Crippen molar-refractivity contribution >= 4 is 10.1 Å². The van der Waals surface area contributed by atoms with Crippen LogP contribution < -0.4 is 5.73 Å². The fourth-order valence-corrected chi connectivity index (χ4v) is 2.32. The Morgan fingerprint density at radius 2 is 2.17 bits per heavy atom. The summed E-state index contributed by atoms with van der Waals surface area (Å²) in [7, 11) is -4.05. The molecule has 0 spiro atoms. The van der Waals surface area contributed by atoms with Crippen LogP contribution in [0.1, 0.15) is 26.2 Å². The van der Waals surface area contributed by atoms with Gasteiger partial charge in [-0.2, -0.15) is 8.42 Å². The van der Waals surface area contributed by atoms with Crippen molar-refractivity contribution in [3.05, 3.63) is 10.6 Å². The third-order valence-electron chi connectivity index (χ3n) is 2.21. The second-order valence-electron chi connectivity index (χ2n) is 3.15.